The predicted molar refractivity (Wildman–Crippen MR) is 209 cm³/mol. The molecule has 0 aromatic rings. The molecule has 4 rings (SSSR count). The Morgan fingerprint density at radius 3 is 1.94 bits per heavy atom. The van der Waals surface area contributed by atoms with Gasteiger partial charge in [-0.25, -0.2) is 0 Å². The third-order valence-electron chi connectivity index (χ3n) is 13.8. The molecular weight excluding hydrogens is 587 g/mol. The molecule has 280 valence electrons. The number of rotatable bonds is 20. The predicted octanol–water partition coefficient (Wildman–Crippen LogP) is 13.6. The number of carbonyl (C=O) groups excluding carboxylic acids is 2. The monoisotopic (exact) mass is 670 g/mol. The minimum atomic E-state index is 0.310. The lowest BCUT2D eigenvalue weighted by molar-refractivity contribution is -0.127. The van der Waals surface area contributed by atoms with Crippen molar-refractivity contribution in [1.29, 1.82) is 0 Å². The minimum absolute atomic E-state index is 0.310. The number of carbonyl (C=O) groups is 2. The summed E-state index contributed by atoms with van der Waals surface area (Å²) in [5.74, 6) is 4.65. The molecule has 0 bridgehead atoms. The molecule has 0 aromatic heterocycles. The molecule has 4 aliphatic rings. The van der Waals surface area contributed by atoms with Crippen molar-refractivity contribution >= 4 is 12.2 Å². The average molecular weight is 670 g/mol. The van der Waals surface area contributed by atoms with Crippen molar-refractivity contribution < 1.29 is 9.59 Å². The van der Waals surface area contributed by atoms with Crippen molar-refractivity contribution in [2.45, 2.75) is 221 Å². The third kappa shape index (κ3) is 12.6. The molecule has 0 aliphatic heterocycles. The zero-order valence-electron chi connectivity index (χ0n) is 33.4. The summed E-state index contributed by atoms with van der Waals surface area (Å²) in [4.78, 5) is 23.8. The SMILES string of the molecule is CC.CC.CCCCCCCC/C=C\CCCCCCCC(=O)NC1CCC2(C)C(CCC3C4CCC(CCCC=O)C4(C)CCC32)C1. The molecular formula is C45H83NO2. The topological polar surface area (TPSA) is 46.2 Å². The highest BCUT2D eigenvalue weighted by atomic mass is 16.1. The number of unbranched alkanes of at least 4 members (excludes halogenated alkanes) is 12. The first-order valence-corrected chi connectivity index (χ1v) is 21.8. The Bertz CT molecular complexity index is 882. The Morgan fingerprint density at radius 2 is 1.27 bits per heavy atom. The van der Waals surface area contributed by atoms with E-state index in [1.807, 2.05) is 27.7 Å². The molecule has 0 saturated heterocycles. The summed E-state index contributed by atoms with van der Waals surface area (Å²) >= 11 is 0. The van der Waals surface area contributed by atoms with Crippen molar-refractivity contribution in [3.8, 4) is 0 Å². The zero-order chi connectivity index (χ0) is 35.3. The fourth-order valence-corrected chi connectivity index (χ4v) is 11.1. The number of hydrogen-bond acceptors (Lipinski definition) is 2. The summed E-state index contributed by atoms with van der Waals surface area (Å²) in [6.45, 7) is 15.6. The van der Waals surface area contributed by atoms with Crippen molar-refractivity contribution in [2.24, 2.45) is 40.4 Å². The van der Waals surface area contributed by atoms with Gasteiger partial charge in [0.25, 0.3) is 0 Å². The summed E-state index contributed by atoms with van der Waals surface area (Å²) < 4.78 is 0. The van der Waals surface area contributed by atoms with Gasteiger partial charge in [-0.2, -0.15) is 0 Å². The molecule has 4 saturated carbocycles. The summed E-state index contributed by atoms with van der Waals surface area (Å²) in [6, 6.07) is 0.405. The molecule has 1 N–H and O–H groups in total. The molecule has 8 atom stereocenters. The number of amides is 1. The fraction of sp³-hybridized carbons (Fsp3) is 0.911. The molecule has 4 fully saturated rings. The second-order valence-corrected chi connectivity index (χ2v) is 16.4. The maximum atomic E-state index is 12.9. The van der Waals surface area contributed by atoms with E-state index in [4.69, 9.17) is 0 Å². The van der Waals surface area contributed by atoms with Crippen molar-refractivity contribution in [3.63, 3.8) is 0 Å². The Hall–Kier alpha value is -1.12. The number of allylic oxidation sites excluding steroid dienone is 2. The first kappa shape index (κ1) is 43.0. The summed E-state index contributed by atoms with van der Waals surface area (Å²) in [6.07, 6.45) is 38.8. The van der Waals surface area contributed by atoms with Crippen LogP contribution in [0.1, 0.15) is 215 Å². The van der Waals surface area contributed by atoms with Crippen LogP contribution in [0, 0.1) is 40.4 Å². The second-order valence-electron chi connectivity index (χ2n) is 16.4. The van der Waals surface area contributed by atoms with Crippen LogP contribution in [0.15, 0.2) is 12.2 Å². The number of aldehydes is 1. The highest BCUT2D eigenvalue weighted by Gasteiger charge is 2.59. The molecule has 0 spiro atoms. The van der Waals surface area contributed by atoms with Crippen LogP contribution >= 0.6 is 0 Å². The van der Waals surface area contributed by atoms with Crippen LogP contribution in [-0.2, 0) is 9.59 Å². The van der Waals surface area contributed by atoms with Crippen LogP contribution in [-0.4, -0.2) is 18.2 Å². The van der Waals surface area contributed by atoms with Gasteiger partial charge in [0.15, 0.2) is 0 Å². The molecule has 8 unspecified atom stereocenters. The van der Waals surface area contributed by atoms with Crippen LogP contribution in [0.4, 0.5) is 0 Å². The fourth-order valence-electron chi connectivity index (χ4n) is 11.1. The second kappa shape index (κ2) is 24.1. The molecule has 0 radical (unpaired) electrons. The lowest BCUT2D eigenvalue weighted by atomic mass is 9.44. The maximum Gasteiger partial charge on any atom is 0.220 e. The van der Waals surface area contributed by atoms with E-state index in [1.165, 1.54) is 141 Å². The van der Waals surface area contributed by atoms with Crippen LogP contribution < -0.4 is 5.32 Å². The maximum absolute atomic E-state index is 12.9. The van der Waals surface area contributed by atoms with Crippen molar-refractivity contribution in [2.75, 3.05) is 0 Å². The lowest BCUT2D eigenvalue weighted by Gasteiger charge is -2.61. The normalized spacial score (nSPS) is 32.1. The van der Waals surface area contributed by atoms with E-state index in [0.29, 0.717) is 22.8 Å². The van der Waals surface area contributed by atoms with Gasteiger partial charge in [0.2, 0.25) is 5.91 Å². The van der Waals surface area contributed by atoms with Crippen LogP contribution in [0.5, 0.6) is 0 Å². The van der Waals surface area contributed by atoms with Gasteiger partial charge >= 0.3 is 0 Å². The molecule has 1 amide bonds. The number of nitrogens with one attached hydrogen (secondary N) is 1. The van der Waals surface area contributed by atoms with E-state index in [9.17, 15) is 9.59 Å². The Balaban J connectivity index is 0.00000193. The smallest absolute Gasteiger partial charge is 0.220 e. The summed E-state index contributed by atoms with van der Waals surface area (Å²) in [7, 11) is 0. The first-order chi connectivity index (χ1) is 23.4. The van der Waals surface area contributed by atoms with E-state index in [0.717, 1.165) is 61.6 Å². The summed E-state index contributed by atoms with van der Waals surface area (Å²) in [5.41, 5.74) is 0.993. The largest absolute Gasteiger partial charge is 0.353 e. The van der Waals surface area contributed by atoms with Gasteiger partial charge in [-0.15, -0.1) is 0 Å². The Morgan fingerprint density at radius 1 is 0.667 bits per heavy atom. The van der Waals surface area contributed by atoms with E-state index in [-0.39, 0.29) is 0 Å². The standard InChI is InChI=1S/C41H71NO2.2C2H6/c1-4-5-6-7-8-9-10-11-12-13-14-15-16-17-18-22-39(44)42-35-27-29-41(3)34(32-35)23-25-36-37-26-24-33(21-19-20-31-43)40(37,2)30-28-38(36)41;2*1-2/h11-12,31,33-38H,4-10,13-30,32H2,1-3H3,(H,42,44);2*1-2H3/b12-11-;;. The Kier molecular flexibility index (Phi) is 21.6. The lowest BCUT2D eigenvalue weighted by Crippen LogP contribution is -2.55. The molecule has 0 heterocycles. The zero-order valence-corrected chi connectivity index (χ0v) is 33.4. The Labute approximate surface area is 300 Å². The van der Waals surface area contributed by atoms with Gasteiger partial charge in [-0.05, 0) is 143 Å². The van der Waals surface area contributed by atoms with Gasteiger partial charge < -0.3 is 10.1 Å². The molecule has 3 nitrogen and oxygen atoms in total. The number of fused-ring (bicyclic) bond motifs is 5. The number of hydrogen-bond donors (Lipinski definition) is 1. The summed E-state index contributed by atoms with van der Waals surface area (Å²) in [5, 5.41) is 3.49. The van der Waals surface area contributed by atoms with Crippen LogP contribution in [0.25, 0.3) is 0 Å². The van der Waals surface area contributed by atoms with E-state index < -0.39 is 0 Å². The molecule has 48 heavy (non-hydrogen) atoms. The first-order valence-electron chi connectivity index (χ1n) is 21.8. The molecule has 0 aromatic carbocycles. The molecule has 4 aliphatic carbocycles. The molecule has 3 heteroatoms. The van der Waals surface area contributed by atoms with Gasteiger partial charge in [-0.3, -0.25) is 4.79 Å². The highest BCUT2D eigenvalue weighted by Crippen LogP contribution is 2.67. The van der Waals surface area contributed by atoms with Crippen molar-refractivity contribution in [1.82, 2.24) is 5.32 Å². The van der Waals surface area contributed by atoms with Gasteiger partial charge in [-0.1, -0.05) is 112 Å². The minimum Gasteiger partial charge on any atom is -0.353 e. The van der Waals surface area contributed by atoms with Gasteiger partial charge in [0, 0.05) is 18.9 Å². The van der Waals surface area contributed by atoms with E-state index in [1.54, 1.807) is 0 Å². The van der Waals surface area contributed by atoms with Gasteiger partial charge in [0.1, 0.15) is 6.29 Å². The van der Waals surface area contributed by atoms with Crippen LogP contribution in [0.3, 0.4) is 0 Å². The van der Waals surface area contributed by atoms with Crippen molar-refractivity contribution in [3.05, 3.63) is 12.2 Å². The van der Waals surface area contributed by atoms with E-state index >= 15 is 0 Å². The highest BCUT2D eigenvalue weighted by molar-refractivity contribution is 5.76. The van der Waals surface area contributed by atoms with Crippen LogP contribution in [0.2, 0.25) is 0 Å². The van der Waals surface area contributed by atoms with E-state index in [2.05, 4.69) is 38.2 Å². The van der Waals surface area contributed by atoms with Gasteiger partial charge in [0.05, 0.1) is 0 Å². The third-order valence-corrected chi connectivity index (χ3v) is 13.8. The quantitative estimate of drug-likeness (QED) is 0.0796. The average Bonchev–Trinajstić information content (AvgIpc) is 3.44.